The number of ether oxygens (including phenoxy) is 8. The highest BCUT2D eigenvalue weighted by Crippen LogP contribution is 2.49. The number of piperidine rings is 1. The van der Waals surface area contributed by atoms with Crippen LogP contribution in [0.15, 0.2) is 60.2 Å². The van der Waals surface area contributed by atoms with Crippen LogP contribution in [0, 0.1) is 48.3 Å². The summed E-state index contributed by atoms with van der Waals surface area (Å²) in [5, 5.41) is 33.5. The second-order valence-corrected chi connectivity index (χ2v) is 27.8. The van der Waals surface area contributed by atoms with E-state index in [1.165, 1.54) is 0 Å². The van der Waals surface area contributed by atoms with Crippen molar-refractivity contribution in [1.29, 1.82) is 0 Å². The van der Waals surface area contributed by atoms with Gasteiger partial charge >= 0.3 is 11.9 Å². The van der Waals surface area contributed by atoms with Crippen LogP contribution in [0.25, 0.3) is 11.1 Å². The molecule has 0 bridgehead atoms. The maximum atomic E-state index is 15.5. The van der Waals surface area contributed by atoms with E-state index in [0.29, 0.717) is 25.8 Å². The first-order valence-electron chi connectivity index (χ1n) is 33.5. The van der Waals surface area contributed by atoms with E-state index in [1.807, 2.05) is 104 Å². The minimum Gasteiger partial charge on any atom is -0.458 e. The number of nitrogens with zero attached hydrogens (tertiary/aromatic N) is 10. The maximum absolute atomic E-state index is 15.5. The van der Waals surface area contributed by atoms with Crippen LogP contribution in [0.2, 0.25) is 0 Å². The van der Waals surface area contributed by atoms with Crippen LogP contribution in [0.1, 0.15) is 150 Å². The summed E-state index contributed by atoms with van der Waals surface area (Å²) in [7, 11) is 6.79. The van der Waals surface area contributed by atoms with Gasteiger partial charge in [-0.05, 0) is 110 Å². The number of cyclic esters (lactones) is 1. The minimum atomic E-state index is -1.47. The van der Waals surface area contributed by atoms with Crippen LogP contribution >= 0.6 is 0 Å². The van der Waals surface area contributed by atoms with Gasteiger partial charge in [0.15, 0.2) is 17.9 Å². The van der Waals surface area contributed by atoms with E-state index >= 15 is 9.59 Å². The normalized spacial score (nSPS) is 35.9. The number of carbonyl (C=O) groups excluding carboxylic acids is 3. The molecule has 24 nitrogen and oxygen atoms in total. The van der Waals surface area contributed by atoms with Gasteiger partial charge in [0.05, 0.1) is 65.2 Å². The van der Waals surface area contributed by atoms with Gasteiger partial charge in [0.1, 0.15) is 36.0 Å². The fourth-order valence-electron chi connectivity index (χ4n) is 15.9. The third-order valence-electron chi connectivity index (χ3n) is 21.5. The molecule has 21 atom stereocenters. The van der Waals surface area contributed by atoms with E-state index < -0.39 is 119 Å². The van der Waals surface area contributed by atoms with Crippen LogP contribution in [0.4, 0.5) is 11.8 Å². The lowest BCUT2D eigenvalue weighted by atomic mass is 9.66. The molecule has 5 aliphatic heterocycles. The van der Waals surface area contributed by atoms with Crippen LogP contribution in [-0.4, -0.2) is 200 Å². The summed E-state index contributed by atoms with van der Waals surface area (Å²) in [6.07, 6.45) is 6.91. The molecule has 0 spiro atoms. The van der Waals surface area contributed by atoms with Gasteiger partial charge in [0.25, 0.3) is 0 Å². The van der Waals surface area contributed by atoms with Crippen molar-refractivity contribution in [2.24, 2.45) is 46.4 Å². The topological polar surface area (TPSA) is 293 Å². The maximum Gasteiger partial charge on any atom is 0.332 e. The van der Waals surface area contributed by atoms with E-state index in [2.05, 4.69) is 47.0 Å². The summed E-state index contributed by atoms with van der Waals surface area (Å²) in [5.41, 5.74) is 6.23. The molecule has 1 aromatic carbocycles. The van der Waals surface area contributed by atoms with E-state index in [4.69, 9.17) is 48.6 Å². The number of carbonyl (C=O) groups is 3. The van der Waals surface area contributed by atoms with E-state index in [0.717, 1.165) is 59.8 Å². The predicted octanol–water partition coefficient (Wildman–Crippen LogP) is 7.57. The number of esters is 2. The lowest BCUT2D eigenvalue weighted by Gasteiger charge is -2.52. The van der Waals surface area contributed by atoms with Gasteiger partial charge in [0, 0.05) is 120 Å². The second kappa shape index (κ2) is 30.0. The van der Waals surface area contributed by atoms with Gasteiger partial charge in [0.2, 0.25) is 5.95 Å². The summed E-state index contributed by atoms with van der Waals surface area (Å²) >= 11 is 0. The van der Waals surface area contributed by atoms with Crippen LogP contribution in [0.3, 0.4) is 0 Å². The van der Waals surface area contributed by atoms with Gasteiger partial charge < -0.3 is 63.6 Å². The monoisotopic (exact) mass is 1290 g/mol. The Labute approximate surface area is 548 Å². The molecule has 2 unspecified atom stereocenters. The molecule has 8 heterocycles. The smallest absolute Gasteiger partial charge is 0.332 e. The Morgan fingerprint density at radius 3 is 2.20 bits per heavy atom. The minimum absolute atomic E-state index is 0.0380. The Balaban J connectivity index is 0.986. The molecule has 4 N–H and O–H groups in total. The van der Waals surface area contributed by atoms with Crippen molar-refractivity contribution >= 4 is 35.7 Å². The van der Waals surface area contributed by atoms with Gasteiger partial charge in [-0.3, -0.25) is 19.6 Å². The van der Waals surface area contributed by atoms with Crippen molar-refractivity contribution in [2.75, 3.05) is 58.6 Å². The van der Waals surface area contributed by atoms with E-state index in [9.17, 15) is 15.0 Å². The number of nitrogen functional groups attached to an aromatic ring is 1. The molecule has 0 amide bonds. The highest BCUT2D eigenvalue weighted by atomic mass is 16.7. The number of anilines is 2. The zero-order valence-corrected chi connectivity index (χ0v) is 57.5. The first-order valence-corrected chi connectivity index (χ1v) is 33.5. The molecule has 0 saturated carbocycles. The number of rotatable bonds is 19. The fourth-order valence-corrected chi connectivity index (χ4v) is 15.9. The number of benzene rings is 1. The molecule has 4 aromatic rings. The number of likely N-dealkylation sites (N-methyl/N-ethyl adjacent to an activating group) is 1. The van der Waals surface area contributed by atoms with Crippen molar-refractivity contribution in [1.82, 2.24) is 39.8 Å². The third-order valence-corrected chi connectivity index (χ3v) is 21.5. The Morgan fingerprint density at radius 1 is 0.882 bits per heavy atom. The second-order valence-electron chi connectivity index (χ2n) is 27.8. The Morgan fingerprint density at radius 2 is 1.57 bits per heavy atom. The number of aryl methyl sites for hydroxylation is 1. The van der Waals surface area contributed by atoms with Crippen molar-refractivity contribution < 1.29 is 62.5 Å². The number of methoxy groups -OCH3 is 3. The summed E-state index contributed by atoms with van der Waals surface area (Å²) in [4.78, 5) is 72.1. The molecule has 93 heavy (non-hydrogen) atoms. The highest BCUT2D eigenvalue weighted by Gasteiger charge is 2.62. The number of ketones is 1. The van der Waals surface area contributed by atoms with Crippen molar-refractivity contribution in [2.45, 2.75) is 225 Å². The summed E-state index contributed by atoms with van der Waals surface area (Å²) in [6, 6.07) is 6.39. The molecule has 5 fully saturated rings. The number of aliphatic hydroxyl groups is 2. The Kier molecular flexibility index (Phi) is 23.0. The summed E-state index contributed by atoms with van der Waals surface area (Å²) < 4.78 is 54.7. The van der Waals surface area contributed by atoms with Crippen molar-refractivity contribution in [3.63, 3.8) is 0 Å². The number of hydrogen-bond acceptors (Lipinski definition) is 23. The molecular formula is C69H103N11O13. The lowest BCUT2D eigenvalue weighted by Crippen LogP contribution is -2.62. The largest absolute Gasteiger partial charge is 0.458 e. The first-order chi connectivity index (χ1) is 44.2. The molecule has 3 aromatic heterocycles. The molecule has 9 rings (SSSR count). The molecular weight excluding hydrogens is 1190 g/mol. The van der Waals surface area contributed by atoms with Crippen LogP contribution in [0.5, 0.6) is 0 Å². The SMILES string of the molecule is CC[C@H]([C@H](OC)c1ccc(-c2cnc(N)nc2)cc1)n1cc(CCN(C)[C@H]2C[C@@H](C)O[C@@H](O[C@@H]3[C@@H](C)C([C@H]4C[C@@](C)(OC)[C@@H](O)[C@H](C)O4)[C@@H](C)C(=O)O[C@H](CC)[C@@]4(C)OC(=O)C(N=CC5CCN(c6cncc(C)n6)CC5)[C@@H]4[C@@H](C)C(=O)[C@H](C)C[C@@]3(C)OC)[C@@H]2O)nn1. The zero-order chi connectivity index (χ0) is 67.4. The molecule has 512 valence electrons. The lowest BCUT2D eigenvalue weighted by molar-refractivity contribution is -0.305. The molecule has 24 heteroatoms. The van der Waals surface area contributed by atoms with Gasteiger partial charge in [-0.25, -0.2) is 24.4 Å². The predicted molar refractivity (Wildman–Crippen MR) is 349 cm³/mol. The third kappa shape index (κ3) is 15.2. The van der Waals surface area contributed by atoms with Crippen molar-refractivity contribution in [3.8, 4) is 11.1 Å². The quantitative estimate of drug-likeness (QED) is 0.0602. The number of nitrogens with two attached hydrogens (primary N) is 1. The standard InChI is InChI=1S/C69H103N11O13/c1-17-50(60(86-14)47-21-19-46(20-22-47)48-34-73-66(70)74-35-48)80-37-49(76-77-80)25-26-78(13)51-29-40(5)89-65(59(51)82)92-62-41(6)55(52-31-67(10,87-15)61(83)44(9)90-52)42(7)63(84)91-53(18-2)69(12)56(43(8)58(81)38(3)30-68(62,11)88-16)57(64(85)93-69)72-33-45-23-27-79(28-24-45)54-36-71-32-39(4)75-54/h19-22,32-38,40-45,50-53,55-57,59-62,65,82-83H,17-18,23-31H2,1-16H3,(H2,70,73,74)/t38-,40-,41+,42-,43-,44+,50-,51+,52-,53-,55?,56+,57?,59-,60-,61+,62-,65+,67-,68-,69-/m1/s1. The van der Waals surface area contributed by atoms with Gasteiger partial charge in [-0.1, -0.05) is 71.0 Å². The summed E-state index contributed by atoms with van der Waals surface area (Å²) in [5.74, 6) is -4.96. The Bertz CT molecular complexity index is 3170. The summed E-state index contributed by atoms with van der Waals surface area (Å²) in [6.45, 7) is 24.5. The first kappa shape index (κ1) is 71.3. The number of aliphatic imine (C=N–C) groups is 1. The molecule has 0 aliphatic carbocycles. The van der Waals surface area contributed by atoms with Gasteiger partial charge in [-0.2, -0.15) is 0 Å². The van der Waals surface area contributed by atoms with Crippen LogP contribution in [-0.2, 0) is 58.7 Å². The van der Waals surface area contributed by atoms with Crippen LogP contribution < -0.4 is 10.6 Å². The average molecular weight is 1290 g/mol. The molecule has 5 saturated heterocycles. The Hall–Kier alpha value is -5.96. The average Bonchev–Trinajstić information content (AvgIpc) is 1.70. The highest BCUT2D eigenvalue weighted by molar-refractivity contribution is 5.88. The van der Waals surface area contributed by atoms with E-state index in [1.54, 1.807) is 66.9 Å². The van der Waals surface area contributed by atoms with E-state index in [-0.39, 0.29) is 55.2 Å². The molecule has 0 radical (unpaired) electrons. The zero-order valence-electron chi connectivity index (χ0n) is 57.5. The number of hydrogen-bond donors (Lipinski definition) is 3. The van der Waals surface area contributed by atoms with Crippen molar-refractivity contribution in [3.05, 3.63) is 72.2 Å². The number of aromatic nitrogens is 7. The van der Waals surface area contributed by atoms with Gasteiger partial charge in [-0.15, -0.1) is 5.10 Å². The fraction of sp³-hybridized carbons (Fsp3) is 0.710. The number of aliphatic hydroxyl groups excluding tert-OH is 2. The number of Topliss-reactive ketones (excluding diaryl/α,β-unsaturated/α-hetero) is 1. The number of fused-ring (bicyclic) bond motifs is 1. The molecule has 5 aliphatic rings.